The number of halogens is 1. The molecule has 152 valence electrons. The number of aliphatic imine (C=N–C) groups is 1. The third-order valence-electron chi connectivity index (χ3n) is 4.34. The van der Waals surface area contributed by atoms with Gasteiger partial charge in [0, 0.05) is 33.1 Å². The van der Waals surface area contributed by atoms with Crippen molar-refractivity contribution in [2.45, 2.75) is 19.3 Å². The molecule has 0 atom stereocenters. The van der Waals surface area contributed by atoms with Crippen LogP contribution in [-0.4, -0.2) is 50.5 Å². The van der Waals surface area contributed by atoms with Crippen LogP contribution in [0.4, 0.5) is 0 Å². The Bertz CT molecular complexity index is 680. The number of amides is 1. The van der Waals surface area contributed by atoms with E-state index >= 15 is 0 Å². The summed E-state index contributed by atoms with van der Waals surface area (Å²) in [5.74, 6) is 0.970. The molecule has 2 aromatic rings. The van der Waals surface area contributed by atoms with E-state index < -0.39 is 0 Å². The van der Waals surface area contributed by atoms with Crippen LogP contribution in [0.1, 0.15) is 30.4 Å². The van der Waals surface area contributed by atoms with Crippen molar-refractivity contribution in [1.82, 2.24) is 15.5 Å². The van der Waals surface area contributed by atoms with E-state index in [1.165, 1.54) is 11.1 Å². The predicted molar refractivity (Wildman–Crippen MR) is 127 cm³/mol. The van der Waals surface area contributed by atoms with Gasteiger partial charge in [-0.1, -0.05) is 60.7 Å². The summed E-state index contributed by atoms with van der Waals surface area (Å²) in [5.41, 5.74) is 2.60. The monoisotopic (exact) mass is 494 g/mol. The van der Waals surface area contributed by atoms with Crippen LogP contribution in [0.15, 0.2) is 65.7 Å². The molecule has 2 rings (SSSR count). The number of hydrogen-bond donors (Lipinski definition) is 2. The zero-order valence-corrected chi connectivity index (χ0v) is 19.2. The van der Waals surface area contributed by atoms with Gasteiger partial charge in [0.25, 0.3) is 0 Å². The first-order valence-corrected chi connectivity index (χ1v) is 9.44. The average molecular weight is 494 g/mol. The number of likely N-dealkylation sites (N-methyl/N-ethyl adjacent to an activating group) is 1. The van der Waals surface area contributed by atoms with Crippen molar-refractivity contribution in [3.8, 4) is 0 Å². The highest BCUT2D eigenvalue weighted by molar-refractivity contribution is 14.0. The van der Waals surface area contributed by atoms with Crippen molar-refractivity contribution in [2.75, 3.05) is 33.7 Å². The fourth-order valence-corrected chi connectivity index (χ4v) is 2.86. The molecule has 0 bridgehead atoms. The Morgan fingerprint density at radius 2 is 1.50 bits per heavy atom. The number of carbonyl (C=O) groups is 1. The van der Waals surface area contributed by atoms with Crippen LogP contribution >= 0.6 is 24.0 Å². The van der Waals surface area contributed by atoms with E-state index in [1.54, 1.807) is 19.0 Å². The van der Waals surface area contributed by atoms with Gasteiger partial charge >= 0.3 is 0 Å². The molecule has 2 N–H and O–H groups in total. The second kappa shape index (κ2) is 13.1. The smallest absolute Gasteiger partial charge is 0.243 e. The van der Waals surface area contributed by atoms with E-state index in [2.05, 4.69) is 64.2 Å². The summed E-state index contributed by atoms with van der Waals surface area (Å²) in [5, 5.41) is 6.55. The largest absolute Gasteiger partial charge is 0.357 e. The van der Waals surface area contributed by atoms with Gasteiger partial charge in [-0.25, -0.2) is 4.99 Å². The second-order valence-corrected chi connectivity index (χ2v) is 6.57. The maximum Gasteiger partial charge on any atom is 0.243 e. The molecule has 0 saturated carbocycles. The van der Waals surface area contributed by atoms with E-state index in [0.29, 0.717) is 11.9 Å². The molecule has 0 radical (unpaired) electrons. The lowest BCUT2D eigenvalue weighted by molar-refractivity contribution is -0.127. The van der Waals surface area contributed by atoms with Crippen LogP contribution in [0.25, 0.3) is 0 Å². The predicted octanol–water partition coefficient (Wildman–Crippen LogP) is 3.47. The first-order valence-electron chi connectivity index (χ1n) is 9.44. The van der Waals surface area contributed by atoms with E-state index in [-0.39, 0.29) is 36.4 Å². The average Bonchev–Trinajstić information content (AvgIpc) is 2.70. The number of hydrogen-bond acceptors (Lipinski definition) is 2. The zero-order valence-electron chi connectivity index (χ0n) is 16.9. The highest BCUT2D eigenvalue weighted by Gasteiger charge is 2.14. The topological polar surface area (TPSA) is 56.7 Å². The maximum absolute atomic E-state index is 11.8. The number of nitrogens with one attached hydrogen (secondary N) is 2. The molecule has 0 spiro atoms. The third kappa shape index (κ3) is 7.88. The Morgan fingerprint density at radius 3 is 1.96 bits per heavy atom. The van der Waals surface area contributed by atoms with Crippen molar-refractivity contribution < 1.29 is 4.79 Å². The lowest BCUT2D eigenvalue weighted by Crippen LogP contribution is -2.39. The Kier molecular flexibility index (Phi) is 11.2. The van der Waals surface area contributed by atoms with Crippen LogP contribution in [0.3, 0.4) is 0 Å². The fourth-order valence-electron chi connectivity index (χ4n) is 2.86. The summed E-state index contributed by atoms with van der Waals surface area (Å²) in [4.78, 5) is 17.7. The molecule has 1 amide bonds. The van der Waals surface area contributed by atoms with Gasteiger partial charge < -0.3 is 15.5 Å². The van der Waals surface area contributed by atoms with Gasteiger partial charge in [0.1, 0.15) is 6.54 Å². The highest BCUT2D eigenvalue weighted by Crippen LogP contribution is 2.27. The molecule has 0 unspecified atom stereocenters. The SMILES string of the molecule is CCNC(=NCC(=O)N(C)C)NCCC(c1ccccc1)c1ccccc1.I. The molecule has 0 fully saturated rings. The molecule has 28 heavy (non-hydrogen) atoms. The third-order valence-corrected chi connectivity index (χ3v) is 4.34. The van der Waals surface area contributed by atoms with Crippen molar-refractivity contribution in [1.29, 1.82) is 0 Å². The molecular formula is C22H31IN4O. The molecule has 6 heteroatoms. The van der Waals surface area contributed by atoms with Crippen LogP contribution in [0.2, 0.25) is 0 Å². The van der Waals surface area contributed by atoms with Gasteiger partial charge in [-0.15, -0.1) is 24.0 Å². The molecule has 2 aromatic carbocycles. The van der Waals surface area contributed by atoms with E-state index in [4.69, 9.17) is 0 Å². The standard InChI is InChI=1S/C22H30N4O.HI/c1-4-23-22(25-17-21(27)26(2)3)24-16-15-20(18-11-7-5-8-12-18)19-13-9-6-10-14-19;/h5-14,20H,4,15-17H2,1-3H3,(H2,23,24,25);1H. The lowest BCUT2D eigenvalue weighted by atomic mass is 9.88. The van der Waals surface area contributed by atoms with Crippen LogP contribution in [0.5, 0.6) is 0 Å². The minimum Gasteiger partial charge on any atom is -0.357 e. The zero-order chi connectivity index (χ0) is 19.5. The summed E-state index contributed by atoms with van der Waals surface area (Å²) >= 11 is 0. The van der Waals surface area contributed by atoms with Crippen molar-refractivity contribution in [3.05, 3.63) is 71.8 Å². The van der Waals surface area contributed by atoms with Gasteiger partial charge in [-0.2, -0.15) is 0 Å². The van der Waals surface area contributed by atoms with Gasteiger partial charge in [-0.05, 0) is 24.5 Å². The maximum atomic E-state index is 11.8. The van der Waals surface area contributed by atoms with Crippen LogP contribution in [-0.2, 0) is 4.79 Å². The minimum absolute atomic E-state index is 0. The summed E-state index contributed by atoms with van der Waals surface area (Å²) in [6.07, 6.45) is 0.931. The van der Waals surface area contributed by atoms with Gasteiger partial charge in [0.2, 0.25) is 5.91 Å². The normalized spacial score (nSPS) is 10.9. The van der Waals surface area contributed by atoms with Gasteiger partial charge in [0.15, 0.2) is 5.96 Å². The quantitative estimate of drug-likeness (QED) is 0.336. The Labute approximate surface area is 185 Å². The van der Waals surface area contributed by atoms with Gasteiger partial charge in [0.05, 0.1) is 0 Å². The minimum atomic E-state index is -0.0151. The molecule has 0 heterocycles. The summed E-state index contributed by atoms with van der Waals surface area (Å²) in [7, 11) is 3.48. The van der Waals surface area contributed by atoms with Crippen LogP contribution < -0.4 is 10.6 Å². The number of nitrogens with zero attached hydrogens (tertiary/aromatic N) is 2. The van der Waals surface area contributed by atoms with Crippen LogP contribution in [0, 0.1) is 0 Å². The molecule has 0 aromatic heterocycles. The first kappa shape index (κ1) is 23.9. The van der Waals surface area contributed by atoms with E-state index in [0.717, 1.165) is 19.5 Å². The fraction of sp³-hybridized carbons (Fsp3) is 0.364. The number of benzene rings is 2. The highest BCUT2D eigenvalue weighted by atomic mass is 127. The number of rotatable bonds is 8. The molecule has 0 aliphatic rings. The molecule has 0 aliphatic carbocycles. The summed E-state index contributed by atoms with van der Waals surface area (Å²) in [6.45, 7) is 3.67. The lowest BCUT2D eigenvalue weighted by Gasteiger charge is -2.19. The Morgan fingerprint density at radius 1 is 0.964 bits per heavy atom. The first-order chi connectivity index (χ1) is 13.1. The van der Waals surface area contributed by atoms with Crippen molar-refractivity contribution in [2.24, 2.45) is 4.99 Å². The summed E-state index contributed by atoms with van der Waals surface area (Å²) < 4.78 is 0. The summed E-state index contributed by atoms with van der Waals surface area (Å²) in [6, 6.07) is 21.1. The van der Waals surface area contributed by atoms with E-state index in [9.17, 15) is 4.79 Å². The molecule has 0 saturated heterocycles. The van der Waals surface area contributed by atoms with Crippen molar-refractivity contribution in [3.63, 3.8) is 0 Å². The number of carbonyl (C=O) groups excluding carboxylic acids is 1. The Hall–Kier alpha value is -2.09. The molecule has 5 nitrogen and oxygen atoms in total. The number of guanidine groups is 1. The van der Waals surface area contributed by atoms with Gasteiger partial charge in [-0.3, -0.25) is 4.79 Å². The van der Waals surface area contributed by atoms with Crippen molar-refractivity contribution >= 4 is 35.8 Å². The van der Waals surface area contributed by atoms with E-state index in [1.807, 2.05) is 19.1 Å². The molecular weight excluding hydrogens is 463 g/mol. The second-order valence-electron chi connectivity index (χ2n) is 6.57. The molecule has 0 aliphatic heterocycles. The Balaban J connectivity index is 0.00000392.